The van der Waals surface area contributed by atoms with E-state index in [9.17, 15) is 4.79 Å². The van der Waals surface area contributed by atoms with Crippen molar-refractivity contribution in [3.63, 3.8) is 0 Å². The molecule has 0 N–H and O–H groups in total. The largest absolute Gasteiger partial charge is 0.463 e. The van der Waals surface area contributed by atoms with Crippen LogP contribution in [0.25, 0.3) is 11.5 Å². The van der Waals surface area contributed by atoms with Crippen LogP contribution in [0.5, 0.6) is 0 Å². The number of halogens is 2. The maximum atomic E-state index is 11.7. The summed E-state index contributed by atoms with van der Waals surface area (Å²) in [6.07, 6.45) is 1.50. The summed E-state index contributed by atoms with van der Waals surface area (Å²) in [5, 5.41) is 0.559. The van der Waals surface area contributed by atoms with Crippen molar-refractivity contribution >= 4 is 33.5 Å². The number of oxazole rings is 1. The predicted molar refractivity (Wildman–Crippen MR) is 80.0 cm³/mol. The lowest BCUT2D eigenvalue weighted by Crippen LogP contribution is -2.03. The number of aromatic nitrogens is 1. The summed E-state index contributed by atoms with van der Waals surface area (Å²) < 4.78 is 11.1. The molecule has 0 aliphatic heterocycles. The molecule has 2 rings (SSSR count). The number of hydrogen-bond donors (Lipinski definition) is 0. The van der Waals surface area contributed by atoms with Crippen molar-refractivity contribution in [2.45, 2.75) is 19.8 Å². The first-order chi connectivity index (χ1) is 9.55. The summed E-state index contributed by atoms with van der Waals surface area (Å²) in [5.41, 5.74) is 1.31. The highest BCUT2D eigenvalue weighted by molar-refractivity contribution is 9.10. The normalized spacial score (nSPS) is 10.6. The Bertz CT molecular complexity index is 619. The van der Waals surface area contributed by atoms with Gasteiger partial charge in [0.25, 0.3) is 0 Å². The van der Waals surface area contributed by atoms with Crippen LogP contribution in [0, 0.1) is 0 Å². The van der Waals surface area contributed by atoms with Crippen LogP contribution in [0.1, 0.15) is 29.6 Å². The van der Waals surface area contributed by atoms with Gasteiger partial charge in [-0.15, -0.1) is 0 Å². The molecule has 0 aliphatic rings. The highest BCUT2D eigenvalue weighted by atomic mass is 79.9. The molecule has 0 amide bonds. The van der Waals surface area contributed by atoms with Crippen molar-refractivity contribution < 1.29 is 13.9 Å². The second-order valence-electron chi connectivity index (χ2n) is 4.19. The van der Waals surface area contributed by atoms with Gasteiger partial charge in [0.05, 0.1) is 12.8 Å². The Hall–Kier alpha value is -1.33. The van der Waals surface area contributed by atoms with E-state index < -0.39 is 5.97 Å². The highest BCUT2D eigenvalue weighted by Gasteiger charge is 2.21. The van der Waals surface area contributed by atoms with Gasteiger partial charge in [-0.1, -0.05) is 40.9 Å². The average Bonchev–Trinajstić information content (AvgIpc) is 2.81. The van der Waals surface area contributed by atoms with Gasteiger partial charge >= 0.3 is 5.97 Å². The molecular formula is C14H13BrClNO3. The summed E-state index contributed by atoms with van der Waals surface area (Å²) >= 11 is 9.37. The third kappa shape index (κ3) is 3.22. The van der Waals surface area contributed by atoms with Gasteiger partial charge in [-0.2, -0.15) is 0 Å². The number of ether oxygens (including phenoxy) is 1. The molecule has 0 unspecified atom stereocenters. The molecule has 1 aromatic heterocycles. The lowest BCUT2D eigenvalue weighted by atomic mass is 10.2. The second-order valence-corrected chi connectivity index (χ2v) is 5.55. The second kappa shape index (κ2) is 6.41. The number of hydrogen-bond acceptors (Lipinski definition) is 4. The zero-order valence-electron chi connectivity index (χ0n) is 11.1. The molecule has 6 heteroatoms. The maximum Gasteiger partial charge on any atom is 0.376 e. The van der Waals surface area contributed by atoms with Crippen molar-refractivity contribution in [3.8, 4) is 11.5 Å². The molecule has 0 aliphatic carbocycles. The fraction of sp³-hybridized carbons (Fsp3) is 0.286. The molecule has 0 saturated heterocycles. The van der Waals surface area contributed by atoms with Crippen molar-refractivity contribution in [2.24, 2.45) is 0 Å². The SMILES string of the molecule is CCCc1nc(-c2cc(Cl)cc(Br)c2)oc1C(=O)OC. The Morgan fingerprint density at radius 1 is 1.45 bits per heavy atom. The molecule has 0 spiro atoms. The van der Waals surface area contributed by atoms with E-state index in [1.54, 1.807) is 12.1 Å². The molecular weight excluding hydrogens is 346 g/mol. The van der Waals surface area contributed by atoms with E-state index in [0.29, 0.717) is 28.6 Å². The van der Waals surface area contributed by atoms with Gasteiger partial charge in [0.15, 0.2) is 0 Å². The first-order valence-electron chi connectivity index (χ1n) is 6.09. The maximum absolute atomic E-state index is 11.7. The minimum Gasteiger partial charge on any atom is -0.463 e. The van der Waals surface area contributed by atoms with Gasteiger partial charge in [-0.05, 0) is 24.6 Å². The number of aryl methyl sites for hydroxylation is 1. The number of nitrogens with zero attached hydrogens (tertiary/aromatic N) is 1. The smallest absolute Gasteiger partial charge is 0.376 e. The van der Waals surface area contributed by atoms with Crippen LogP contribution in [0.4, 0.5) is 0 Å². The molecule has 20 heavy (non-hydrogen) atoms. The van der Waals surface area contributed by atoms with Gasteiger partial charge in [0.1, 0.15) is 0 Å². The number of methoxy groups -OCH3 is 1. The van der Waals surface area contributed by atoms with E-state index in [0.717, 1.165) is 10.9 Å². The molecule has 0 fully saturated rings. The van der Waals surface area contributed by atoms with Crippen LogP contribution in [0.3, 0.4) is 0 Å². The molecule has 0 atom stereocenters. The van der Waals surface area contributed by atoms with E-state index in [1.165, 1.54) is 7.11 Å². The van der Waals surface area contributed by atoms with Crippen molar-refractivity contribution in [1.29, 1.82) is 0 Å². The van der Waals surface area contributed by atoms with Crippen molar-refractivity contribution in [2.75, 3.05) is 7.11 Å². The lowest BCUT2D eigenvalue weighted by Gasteiger charge is -1.98. The zero-order valence-corrected chi connectivity index (χ0v) is 13.4. The standard InChI is InChI=1S/C14H13BrClNO3/c1-3-4-11-12(14(18)19-2)20-13(17-11)8-5-9(15)7-10(16)6-8/h5-7H,3-4H2,1-2H3. The summed E-state index contributed by atoms with van der Waals surface area (Å²) in [7, 11) is 1.32. The minimum absolute atomic E-state index is 0.153. The third-order valence-electron chi connectivity index (χ3n) is 2.66. The Morgan fingerprint density at radius 2 is 2.20 bits per heavy atom. The summed E-state index contributed by atoms with van der Waals surface area (Å²) in [5.74, 6) is -0.00853. The van der Waals surface area contributed by atoms with Crippen LogP contribution in [-0.2, 0) is 11.2 Å². The van der Waals surface area contributed by atoms with Crippen LogP contribution in [0.2, 0.25) is 5.02 Å². The topological polar surface area (TPSA) is 52.3 Å². The number of carbonyl (C=O) groups is 1. The Labute approximate surface area is 130 Å². The lowest BCUT2D eigenvalue weighted by molar-refractivity contribution is 0.0564. The van der Waals surface area contributed by atoms with E-state index >= 15 is 0 Å². The molecule has 2 aromatic rings. The van der Waals surface area contributed by atoms with Crippen molar-refractivity contribution in [1.82, 2.24) is 4.98 Å². The Morgan fingerprint density at radius 3 is 2.80 bits per heavy atom. The third-order valence-corrected chi connectivity index (χ3v) is 3.34. The van der Waals surface area contributed by atoms with E-state index in [2.05, 4.69) is 20.9 Å². The molecule has 0 radical (unpaired) electrons. The van der Waals surface area contributed by atoms with E-state index in [-0.39, 0.29) is 5.76 Å². The quantitative estimate of drug-likeness (QED) is 0.755. The summed E-state index contributed by atoms with van der Waals surface area (Å²) in [6, 6.07) is 5.32. The molecule has 1 heterocycles. The van der Waals surface area contributed by atoms with E-state index in [1.807, 2.05) is 13.0 Å². The fourth-order valence-corrected chi connectivity index (χ4v) is 2.67. The van der Waals surface area contributed by atoms with Gasteiger partial charge < -0.3 is 9.15 Å². The minimum atomic E-state index is -0.520. The van der Waals surface area contributed by atoms with Gasteiger partial charge in [-0.25, -0.2) is 9.78 Å². The number of rotatable bonds is 4. The van der Waals surface area contributed by atoms with E-state index in [4.69, 9.17) is 20.8 Å². The van der Waals surface area contributed by atoms with Gasteiger partial charge in [0, 0.05) is 15.1 Å². The number of esters is 1. The Kier molecular flexibility index (Phi) is 4.83. The molecule has 0 bridgehead atoms. The summed E-state index contributed by atoms with van der Waals surface area (Å²) in [4.78, 5) is 16.1. The van der Waals surface area contributed by atoms with Crippen LogP contribution < -0.4 is 0 Å². The van der Waals surface area contributed by atoms with Crippen LogP contribution in [-0.4, -0.2) is 18.1 Å². The van der Waals surface area contributed by atoms with Gasteiger partial charge in [0.2, 0.25) is 11.7 Å². The molecule has 106 valence electrons. The molecule has 4 nitrogen and oxygen atoms in total. The fourth-order valence-electron chi connectivity index (χ4n) is 1.81. The molecule has 1 aromatic carbocycles. The average molecular weight is 359 g/mol. The number of carbonyl (C=O) groups excluding carboxylic acids is 1. The monoisotopic (exact) mass is 357 g/mol. The summed E-state index contributed by atoms with van der Waals surface area (Å²) in [6.45, 7) is 2.01. The van der Waals surface area contributed by atoms with Crippen LogP contribution in [0.15, 0.2) is 27.1 Å². The first-order valence-corrected chi connectivity index (χ1v) is 7.26. The van der Waals surface area contributed by atoms with Crippen molar-refractivity contribution in [3.05, 3.63) is 39.1 Å². The zero-order chi connectivity index (χ0) is 14.7. The Balaban J connectivity index is 2.49. The van der Waals surface area contributed by atoms with Crippen LogP contribution >= 0.6 is 27.5 Å². The molecule has 0 saturated carbocycles. The first kappa shape index (κ1) is 15.1. The highest BCUT2D eigenvalue weighted by Crippen LogP contribution is 2.29. The number of benzene rings is 1. The predicted octanol–water partition coefficient (Wildman–Crippen LogP) is 4.50. The van der Waals surface area contributed by atoms with Gasteiger partial charge in [-0.3, -0.25) is 0 Å².